The Morgan fingerprint density at radius 3 is 2.48 bits per heavy atom. The van der Waals surface area contributed by atoms with Gasteiger partial charge in [0.05, 0.1) is 7.11 Å². The Hall–Kier alpha value is -2.67. The number of benzene rings is 1. The number of carbonyl (C=O) groups excluding carboxylic acids is 1. The standard InChI is InChI=1S/C20H27N5O2/c1-4-24-9-11-25(12-10-24)19-13-18(22-15(2)23-19)20(26)21-14-16-5-7-17(27-3)8-6-16/h5-8,13H,4,9-12,14H2,1-3H3,(H,21,26). The number of piperazine rings is 1. The highest BCUT2D eigenvalue weighted by molar-refractivity contribution is 5.92. The summed E-state index contributed by atoms with van der Waals surface area (Å²) < 4.78 is 5.15. The molecule has 27 heavy (non-hydrogen) atoms. The van der Waals surface area contributed by atoms with Crippen LogP contribution < -0.4 is 15.0 Å². The van der Waals surface area contributed by atoms with Gasteiger partial charge < -0.3 is 19.9 Å². The summed E-state index contributed by atoms with van der Waals surface area (Å²) in [5, 5.41) is 2.93. The second kappa shape index (κ2) is 8.81. The number of aryl methyl sites for hydroxylation is 1. The van der Waals surface area contributed by atoms with Crippen LogP contribution in [0.3, 0.4) is 0 Å². The van der Waals surface area contributed by atoms with Gasteiger partial charge in [0, 0.05) is 38.8 Å². The van der Waals surface area contributed by atoms with E-state index in [4.69, 9.17) is 4.74 Å². The average Bonchev–Trinajstić information content (AvgIpc) is 2.72. The Kier molecular flexibility index (Phi) is 6.24. The Labute approximate surface area is 160 Å². The maximum absolute atomic E-state index is 12.6. The van der Waals surface area contributed by atoms with Gasteiger partial charge in [0.25, 0.3) is 5.91 Å². The monoisotopic (exact) mass is 369 g/mol. The lowest BCUT2D eigenvalue weighted by molar-refractivity contribution is 0.0945. The van der Waals surface area contributed by atoms with E-state index in [0.717, 1.165) is 49.9 Å². The maximum atomic E-state index is 12.6. The van der Waals surface area contributed by atoms with Gasteiger partial charge in [-0.05, 0) is 31.2 Å². The van der Waals surface area contributed by atoms with Gasteiger partial charge in [-0.25, -0.2) is 9.97 Å². The van der Waals surface area contributed by atoms with E-state index in [9.17, 15) is 4.79 Å². The molecular formula is C20H27N5O2. The van der Waals surface area contributed by atoms with Gasteiger partial charge in [-0.2, -0.15) is 0 Å². The van der Waals surface area contributed by atoms with Gasteiger partial charge in [0.15, 0.2) is 0 Å². The number of likely N-dealkylation sites (N-methyl/N-ethyl adjacent to an activating group) is 1. The van der Waals surface area contributed by atoms with Crippen LogP contribution in [-0.4, -0.2) is 60.6 Å². The van der Waals surface area contributed by atoms with Crippen molar-refractivity contribution in [3.05, 3.63) is 47.4 Å². The highest BCUT2D eigenvalue weighted by Gasteiger charge is 2.19. The first kappa shape index (κ1) is 19.1. The number of hydrogen-bond acceptors (Lipinski definition) is 6. The first-order chi connectivity index (χ1) is 13.1. The van der Waals surface area contributed by atoms with E-state index < -0.39 is 0 Å². The zero-order valence-electron chi connectivity index (χ0n) is 16.2. The SMILES string of the molecule is CCN1CCN(c2cc(C(=O)NCc3ccc(OC)cc3)nc(C)n2)CC1. The van der Waals surface area contributed by atoms with Crippen molar-refractivity contribution in [1.82, 2.24) is 20.2 Å². The molecule has 1 amide bonds. The molecule has 0 unspecified atom stereocenters. The summed E-state index contributed by atoms with van der Waals surface area (Å²) in [7, 11) is 1.63. The summed E-state index contributed by atoms with van der Waals surface area (Å²) >= 11 is 0. The van der Waals surface area contributed by atoms with E-state index in [1.807, 2.05) is 31.2 Å². The molecule has 0 atom stereocenters. The third-order valence-electron chi connectivity index (χ3n) is 4.81. The Bertz CT molecular complexity index is 770. The van der Waals surface area contributed by atoms with Gasteiger partial charge in [-0.1, -0.05) is 19.1 Å². The van der Waals surface area contributed by atoms with Crippen LogP contribution in [0.15, 0.2) is 30.3 Å². The lowest BCUT2D eigenvalue weighted by atomic mass is 10.2. The molecule has 2 aromatic rings. The first-order valence-corrected chi connectivity index (χ1v) is 9.33. The minimum atomic E-state index is -0.190. The van der Waals surface area contributed by atoms with Crippen molar-refractivity contribution >= 4 is 11.7 Å². The van der Waals surface area contributed by atoms with Crippen LogP contribution in [0.2, 0.25) is 0 Å². The quantitative estimate of drug-likeness (QED) is 0.838. The van der Waals surface area contributed by atoms with Crippen molar-refractivity contribution in [2.24, 2.45) is 0 Å². The van der Waals surface area contributed by atoms with Crippen LogP contribution in [-0.2, 0) is 6.54 Å². The zero-order valence-corrected chi connectivity index (χ0v) is 16.2. The number of hydrogen-bond donors (Lipinski definition) is 1. The lowest BCUT2D eigenvalue weighted by Crippen LogP contribution is -2.46. The van der Waals surface area contributed by atoms with E-state index in [1.54, 1.807) is 13.2 Å². The van der Waals surface area contributed by atoms with Crippen molar-refractivity contribution in [3.8, 4) is 5.75 Å². The van der Waals surface area contributed by atoms with E-state index in [2.05, 4.69) is 32.0 Å². The van der Waals surface area contributed by atoms with Crippen molar-refractivity contribution in [2.75, 3.05) is 44.7 Å². The van der Waals surface area contributed by atoms with E-state index in [0.29, 0.717) is 18.1 Å². The van der Waals surface area contributed by atoms with Crippen molar-refractivity contribution in [3.63, 3.8) is 0 Å². The number of rotatable bonds is 6. The summed E-state index contributed by atoms with van der Waals surface area (Å²) in [6.45, 7) is 9.36. The molecule has 2 heterocycles. The molecule has 1 aliphatic rings. The van der Waals surface area contributed by atoms with Crippen LogP contribution in [0.4, 0.5) is 5.82 Å². The second-order valence-corrected chi connectivity index (χ2v) is 6.61. The number of ether oxygens (including phenoxy) is 1. The Morgan fingerprint density at radius 2 is 1.85 bits per heavy atom. The van der Waals surface area contributed by atoms with Crippen LogP contribution in [0.25, 0.3) is 0 Å². The highest BCUT2D eigenvalue weighted by atomic mass is 16.5. The van der Waals surface area contributed by atoms with Crippen molar-refractivity contribution in [1.29, 1.82) is 0 Å². The Morgan fingerprint density at radius 1 is 1.15 bits per heavy atom. The van der Waals surface area contributed by atoms with Gasteiger partial charge in [-0.15, -0.1) is 0 Å². The first-order valence-electron chi connectivity index (χ1n) is 9.33. The molecule has 0 saturated carbocycles. The molecule has 1 aromatic carbocycles. The van der Waals surface area contributed by atoms with Gasteiger partial charge in [0.2, 0.25) is 0 Å². The molecule has 1 aliphatic heterocycles. The Balaban J connectivity index is 1.65. The molecule has 0 spiro atoms. The lowest BCUT2D eigenvalue weighted by Gasteiger charge is -2.34. The predicted octanol–water partition coefficient (Wildman–Crippen LogP) is 1.87. The average molecular weight is 369 g/mol. The topological polar surface area (TPSA) is 70.6 Å². The highest BCUT2D eigenvalue weighted by Crippen LogP contribution is 2.16. The number of anilines is 1. The smallest absolute Gasteiger partial charge is 0.270 e. The van der Waals surface area contributed by atoms with Gasteiger partial charge >= 0.3 is 0 Å². The molecule has 1 aromatic heterocycles. The molecule has 1 saturated heterocycles. The molecule has 0 radical (unpaired) electrons. The summed E-state index contributed by atoms with van der Waals surface area (Å²) in [5.74, 6) is 2.04. The fraction of sp³-hybridized carbons (Fsp3) is 0.450. The molecule has 1 fully saturated rings. The van der Waals surface area contributed by atoms with Crippen LogP contribution in [0, 0.1) is 6.92 Å². The normalized spacial score (nSPS) is 14.9. The van der Waals surface area contributed by atoms with E-state index in [-0.39, 0.29) is 5.91 Å². The zero-order chi connectivity index (χ0) is 19.2. The maximum Gasteiger partial charge on any atom is 0.270 e. The summed E-state index contributed by atoms with van der Waals surface area (Å²) in [4.78, 5) is 26.1. The minimum Gasteiger partial charge on any atom is -0.497 e. The molecule has 0 aliphatic carbocycles. The summed E-state index contributed by atoms with van der Waals surface area (Å²) in [6.07, 6.45) is 0. The van der Waals surface area contributed by atoms with Gasteiger partial charge in [0.1, 0.15) is 23.1 Å². The van der Waals surface area contributed by atoms with E-state index in [1.165, 1.54) is 0 Å². The number of aromatic nitrogens is 2. The molecule has 1 N–H and O–H groups in total. The van der Waals surface area contributed by atoms with Crippen molar-refractivity contribution < 1.29 is 9.53 Å². The largest absolute Gasteiger partial charge is 0.497 e. The molecule has 7 heteroatoms. The van der Waals surface area contributed by atoms with Crippen LogP contribution in [0.1, 0.15) is 28.8 Å². The third-order valence-corrected chi connectivity index (χ3v) is 4.81. The van der Waals surface area contributed by atoms with Crippen molar-refractivity contribution in [2.45, 2.75) is 20.4 Å². The van der Waals surface area contributed by atoms with E-state index >= 15 is 0 Å². The molecular weight excluding hydrogens is 342 g/mol. The number of amides is 1. The number of methoxy groups -OCH3 is 1. The van der Waals surface area contributed by atoms with Crippen LogP contribution >= 0.6 is 0 Å². The third kappa shape index (κ3) is 4.95. The predicted molar refractivity (Wildman–Crippen MR) is 105 cm³/mol. The molecule has 0 bridgehead atoms. The van der Waals surface area contributed by atoms with Gasteiger partial charge in [-0.3, -0.25) is 4.79 Å². The molecule has 3 rings (SSSR count). The summed E-state index contributed by atoms with van der Waals surface area (Å²) in [6, 6.07) is 9.42. The second-order valence-electron chi connectivity index (χ2n) is 6.61. The molecule has 7 nitrogen and oxygen atoms in total. The summed E-state index contributed by atoms with van der Waals surface area (Å²) in [5.41, 5.74) is 1.41. The number of nitrogens with zero attached hydrogens (tertiary/aromatic N) is 4. The molecule has 144 valence electrons. The number of nitrogens with one attached hydrogen (secondary N) is 1. The fourth-order valence-electron chi connectivity index (χ4n) is 3.14. The fourth-order valence-corrected chi connectivity index (χ4v) is 3.14. The van der Waals surface area contributed by atoms with Crippen LogP contribution in [0.5, 0.6) is 5.75 Å². The number of carbonyl (C=O) groups is 1. The minimum absolute atomic E-state index is 0.190.